The smallest absolute Gasteiger partial charge is 0.227 e. The summed E-state index contributed by atoms with van der Waals surface area (Å²) >= 11 is 0. The maximum Gasteiger partial charge on any atom is 0.227 e. The fourth-order valence-electron chi connectivity index (χ4n) is 4.53. The first-order chi connectivity index (χ1) is 17.4. The van der Waals surface area contributed by atoms with E-state index in [-0.39, 0.29) is 6.10 Å². The molecule has 4 aromatic rings. The number of methoxy groups -OCH3 is 1. The predicted molar refractivity (Wildman–Crippen MR) is 142 cm³/mol. The molecule has 8 nitrogen and oxygen atoms in total. The molecule has 1 fully saturated rings. The third kappa shape index (κ3) is 4.97. The second-order valence-electron chi connectivity index (χ2n) is 9.35. The Bertz CT molecular complexity index is 1440. The van der Waals surface area contributed by atoms with Gasteiger partial charge in [0.05, 0.1) is 13.3 Å². The number of nitrogens with zero attached hydrogens (tertiary/aromatic N) is 5. The average molecular weight is 483 g/mol. The van der Waals surface area contributed by atoms with Gasteiger partial charge < -0.3 is 14.8 Å². The van der Waals surface area contributed by atoms with Crippen LogP contribution in [0.15, 0.2) is 48.9 Å². The molecular weight excluding hydrogens is 452 g/mol. The Hall–Kier alpha value is -4.09. The molecule has 1 aliphatic rings. The van der Waals surface area contributed by atoms with Crippen molar-refractivity contribution in [1.82, 2.24) is 24.6 Å². The third-order valence-electron chi connectivity index (χ3n) is 6.44. The van der Waals surface area contributed by atoms with Gasteiger partial charge in [0.15, 0.2) is 0 Å². The number of ether oxygens (including phenoxy) is 2. The molecule has 0 spiro atoms. The van der Waals surface area contributed by atoms with E-state index in [9.17, 15) is 0 Å². The molecule has 36 heavy (non-hydrogen) atoms. The summed E-state index contributed by atoms with van der Waals surface area (Å²) in [5, 5.41) is 8.50. The van der Waals surface area contributed by atoms with Crippen molar-refractivity contribution in [2.24, 2.45) is 7.05 Å². The average Bonchev–Trinajstić information content (AvgIpc) is 3.52. The van der Waals surface area contributed by atoms with Crippen LogP contribution in [-0.4, -0.2) is 57.0 Å². The number of terminal acetylenes is 1. The van der Waals surface area contributed by atoms with E-state index in [1.54, 1.807) is 24.1 Å². The van der Waals surface area contributed by atoms with Gasteiger partial charge in [-0.3, -0.25) is 9.58 Å². The summed E-state index contributed by atoms with van der Waals surface area (Å²) in [6, 6.07) is 10.3. The Morgan fingerprint density at radius 1 is 1.14 bits per heavy atom. The quantitative estimate of drug-likeness (QED) is 0.385. The number of hydrogen-bond donors (Lipinski definition) is 1. The van der Waals surface area contributed by atoms with Gasteiger partial charge in [-0.25, -0.2) is 9.97 Å². The largest absolute Gasteiger partial charge is 0.494 e. The standard InChI is InChI=1S/C28H30N6O2/c1-6-19-9-21-14-29-28(32-27(21)26(10-19)35-5)31-23-11-20(22-15-30-33(4)16-22)12-25(13-23)36-24-7-8-34(17-24)18(2)3/h1,9-16,18,24H,7-8,17H2,2-5H3,(H,29,31,32)/t24-/m0/s1. The van der Waals surface area contributed by atoms with E-state index < -0.39 is 0 Å². The molecule has 0 saturated carbocycles. The second-order valence-corrected chi connectivity index (χ2v) is 9.35. The normalized spacial score (nSPS) is 15.8. The molecular formula is C28H30N6O2. The van der Waals surface area contributed by atoms with Gasteiger partial charge in [-0.2, -0.15) is 5.10 Å². The highest BCUT2D eigenvalue weighted by Crippen LogP contribution is 2.32. The molecule has 0 aliphatic carbocycles. The first-order valence-corrected chi connectivity index (χ1v) is 12.0. The molecule has 1 aliphatic heterocycles. The molecule has 2 aromatic carbocycles. The van der Waals surface area contributed by atoms with Crippen molar-refractivity contribution in [3.05, 3.63) is 54.5 Å². The van der Waals surface area contributed by atoms with E-state index in [0.29, 0.717) is 23.3 Å². The minimum absolute atomic E-state index is 0.149. The maximum absolute atomic E-state index is 6.45. The summed E-state index contributed by atoms with van der Waals surface area (Å²) in [7, 11) is 3.51. The van der Waals surface area contributed by atoms with E-state index in [1.807, 2.05) is 37.6 Å². The summed E-state index contributed by atoms with van der Waals surface area (Å²) in [5.41, 5.74) is 4.23. The Morgan fingerprint density at radius 3 is 2.69 bits per heavy atom. The van der Waals surface area contributed by atoms with Gasteiger partial charge in [0, 0.05) is 66.8 Å². The lowest BCUT2D eigenvalue weighted by Crippen LogP contribution is -2.30. The van der Waals surface area contributed by atoms with Gasteiger partial charge in [0.2, 0.25) is 5.95 Å². The number of hydrogen-bond acceptors (Lipinski definition) is 7. The lowest BCUT2D eigenvalue weighted by Gasteiger charge is -2.21. The number of nitrogens with one attached hydrogen (secondary N) is 1. The molecule has 0 amide bonds. The van der Waals surface area contributed by atoms with Crippen molar-refractivity contribution in [2.75, 3.05) is 25.5 Å². The zero-order valence-electron chi connectivity index (χ0n) is 21.0. The van der Waals surface area contributed by atoms with Crippen LogP contribution >= 0.6 is 0 Å². The van der Waals surface area contributed by atoms with Gasteiger partial charge in [0.1, 0.15) is 23.1 Å². The number of rotatable bonds is 7. The van der Waals surface area contributed by atoms with Crippen molar-refractivity contribution in [1.29, 1.82) is 0 Å². The van der Waals surface area contributed by atoms with Crippen LogP contribution in [0.25, 0.3) is 22.0 Å². The molecule has 1 atom stereocenters. The highest BCUT2D eigenvalue weighted by atomic mass is 16.5. The third-order valence-corrected chi connectivity index (χ3v) is 6.44. The summed E-state index contributed by atoms with van der Waals surface area (Å²) in [5.74, 6) is 4.50. The van der Waals surface area contributed by atoms with Crippen LogP contribution in [0.2, 0.25) is 0 Å². The minimum atomic E-state index is 0.149. The van der Waals surface area contributed by atoms with Crippen LogP contribution < -0.4 is 14.8 Å². The lowest BCUT2D eigenvalue weighted by molar-refractivity contribution is 0.187. The number of anilines is 2. The van der Waals surface area contributed by atoms with Crippen LogP contribution in [0.1, 0.15) is 25.8 Å². The molecule has 5 rings (SSSR count). The second kappa shape index (κ2) is 9.88. The minimum Gasteiger partial charge on any atom is -0.494 e. The fraction of sp³-hybridized carbons (Fsp3) is 0.321. The highest BCUT2D eigenvalue weighted by Gasteiger charge is 2.26. The number of benzene rings is 2. The predicted octanol–water partition coefficient (Wildman–Crippen LogP) is 4.63. The van der Waals surface area contributed by atoms with Crippen molar-refractivity contribution >= 4 is 22.5 Å². The van der Waals surface area contributed by atoms with Crippen LogP contribution in [0.5, 0.6) is 11.5 Å². The van der Waals surface area contributed by atoms with Gasteiger partial charge in [-0.15, -0.1) is 6.42 Å². The summed E-state index contributed by atoms with van der Waals surface area (Å²) < 4.78 is 13.8. The molecule has 0 radical (unpaired) electrons. The van der Waals surface area contributed by atoms with E-state index in [4.69, 9.17) is 20.9 Å². The molecule has 0 unspecified atom stereocenters. The number of fused-ring (bicyclic) bond motifs is 1. The maximum atomic E-state index is 6.45. The van der Waals surface area contributed by atoms with Crippen molar-refractivity contribution in [3.63, 3.8) is 0 Å². The summed E-state index contributed by atoms with van der Waals surface area (Å²) in [4.78, 5) is 11.7. The van der Waals surface area contributed by atoms with Crippen LogP contribution in [0.4, 0.5) is 11.6 Å². The van der Waals surface area contributed by atoms with Gasteiger partial charge in [0.25, 0.3) is 0 Å². The van der Waals surface area contributed by atoms with Crippen LogP contribution in [0.3, 0.4) is 0 Å². The van der Waals surface area contributed by atoms with Gasteiger partial charge in [-0.1, -0.05) is 5.92 Å². The Labute approximate surface area is 211 Å². The molecule has 8 heteroatoms. The lowest BCUT2D eigenvalue weighted by atomic mass is 10.1. The zero-order chi connectivity index (χ0) is 25.2. The van der Waals surface area contributed by atoms with E-state index in [1.165, 1.54) is 0 Å². The molecule has 2 aromatic heterocycles. The first-order valence-electron chi connectivity index (χ1n) is 12.0. The Balaban J connectivity index is 1.47. The van der Waals surface area contributed by atoms with E-state index in [2.05, 4.69) is 46.1 Å². The summed E-state index contributed by atoms with van der Waals surface area (Å²) in [6.45, 7) is 6.41. The highest BCUT2D eigenvalue weighted by molar-refractivity contribution is 5.86. The number of likely N-dealkylation sites (tertiary alicyclic amines) is 1. The van der Waals surface area contributed by atoms with Crippen LogP contribution in [-0.2, 0) is 7.05 Å². The van der Waals surface area contributed by atoms with E-state index in [0.717, 1.165) is 53.0 Å². The van der Waals surface area contributed by atoms with Crippen molar-refractivity contribution < 1.29 is 9.47 Å². The fourth-order valence-corrected chi connectivity index (χ4v) is 4.53. The summed E-state index contributed by atoms with van der Waals surface area (Å²) in [6.07, 6.45) is 12.3. The monoisotopic (exact) mass is 482 g/mol. The van der Waals surface area contributed by atoms with Crippen molar-refractivity contribution in [3.8, 4) is 35.0 Å². The molecule has 1 saturated heterocycles. The molecule has 0 bridgehead atoms. The molecule has 184 valence electrons. The van der Waals surface area contributed by atoms with E-state index >= 15 is 0 Å². The topological polar surface area (TPSA) is 77.3 Å². The van der Waals surface area contributed by atoms with Gasteiger partial charge in [-0.05, 0) is 50.1 Å². The van der Waals surface area contributed by atoms with Crippen LogP contribution in [0, 0.1) is 12.3 Å². The number of aryl methyl sites for hydroxylation is 1. The SMILES string of the molecule is C#Cc1cc(OC)c2nc(Nc3cc(O[C@H]4CCN(C(C)C)C4)cc(-c4cnn(C)c4)c3)ncc2c1. The number of aromatic nitrogens is 4. The zero-order valence-corrected chi connectivity index (χ0v) is 21.0. The first kappa shape index (κ1) is 23.6. The van der Waals surface area contributed by atoms with Crippen molar-refractivity contribution in [2.45, 2.75) is 32.4 Å². The Kier molecular flexibility index (Phi) is 6.49. The molecule has 3 heterocycles. The Morgan fingerprint density at radius 2 is 2.00 bits per heavy atom. The van der Waals surface area contributed by atoms with Gasteiger partial charge >= 0.3 is 0 Å². The molecule has 1 N–H and O–H groups in total.